The summed E-state index contributed by atoms with van der Waals surface area (Å²) in [6, 6.07) is 8.70. The molecule has 1 unspecified atom stereocenters. The molecule has 0 aliphatic heterocycles. The molecule has 1 atom stereocenters. The number of nitrogens with one attached hydrogen (secondary N) is 2. The van der Waals surface area contributed by atoms with E-state index in [1.54, 1.807) is 7.11 Å². The van der Waals surface area contributed by atoms with E-state index < -0.39 is 0 Å². The molecule has 0 aliphatic rings. The lowest BCUT2D eigenvalue weighted by atomic mass is 10.1. The SMILES string of the molecule is CCNC(=NCCCc1cccc(OC)c1)NC(C)CCCN(CC)CC. The second-order valence-electron chi connectivity index (χ2n) is 6.93. The van der Waals surface area contributed by atoms with Crippen LogP contribution in [0.3, 0.4) is 0 Å². The molecule has 27 heavy (non-hydrogen) atoms. The minimum atomic E-state index is 0.428. The van der Waals surface area contributed by atoms with E-state index >= 15 is 0 Å². The highest BCUT2D eigenvalue weighted by molar-refractivity contribution is 5.80. The number of nitrogens with zero attached hydrogens (tertiary/aromatic N) is 2. The average Bonchev–Trinajstić information content (AvgIpc) is 2.69. The van der Waals surface area contributed by atoms with Crippen molar-refractivity contribution in [3.05, 3.63) is 29.8 Å². The Balaban J connectivity index is 2.37. The van der Waals surface area contributed by atoms with E-state index in [1.807, 2.05) is 12.1 Å². The van der Waals surface area contributed by atoms with E-state index in [1.165, 1.54) is 18.5 Å². The third-order valence-electron chi connectivity index (χ3n) is 4.76. The Bertz CT molecular complexity index is 529. The number of aliphatic imine (C=N–C) groups is 1. The lowest BCUT2D eigenvalue weighted by Crippen LogP contribution is -2.42. The van der Waals surface area contributed by atoms with E-state index in [9.17, 15) is 0 Å². The van der Waals surface area contributed by atoms with Crippen molar-refractivity contribution in [1.29, 1.82) is 0 Å². The van der Waals surface area contributed by atoms with E-state index in [2.05, 4.69) is 55.4 Å². The van der Waals surface area contributed by atoms with Crippen molar-refractivity contribution in [2.24, 2.45) is 4.99 Å². The molecule has 0 amide bonds. The van der Waals surface area contributed by atoms with Gasteiger partial charge in [-0.15, -0.1) is 0 Å². The van der Waals surface area contributed by atoms with Crippen molar-refractivity contribution in [2.45, 2.75) is 59.4 Å². The van der Waals surface area contributed by atoms with Crippen LogP contribution < -0.4 is 15.4 Å². The van der Waals surface area contributed by atoms with Crippen LogP contribution in [0.1, 0.15) is 52.5 Å². The smallest absolute Gasteiger partial charge is 0.191 e. The van der Waals surface area contributed by atoms with Gasteiger partial charge >= 0.3 is 0 Å². The van der Waals surface area contributed by atoms with Gasteiger partial charge in [0.15, 0.2) is 5.96 Å². The van der Waals surface area contributed by atoms with Gasteiger partial charge < -0.3 is 20.3 Å². The summed E-state index contributed by atoms with van der Waals surface area (Å²) in [5, 5.41) is 6.91. The summed E-state index contributed by atoms with van der Waals surface area (Å²) in [7, 11) is 1.71. The molecule has 0 heterocycles. The fourth-order valence-electron chi connectivity index (χ4n) is 3.09. The zero-order valence-corrected chi connectivity index (χ0v) is 18.1. The maximum atomic E-state index is 5.29. The number of hydrogen-bond acceptors (Lipinski definition) is 3. The first-order chi connectivity index (χ1) is 13.1. The highest BCUT2D eigenvalue weighted by atomic mass is 16.5. The monoisotopic (exact) mass is 376 g/mol. The van der Waals surface area contributed by atoms with Gasteiger partial charge in [0.25, 0.3) is 0 Å². The maximum absolute atomic E-state index is 5.29. The normalized spacial score (nSPS) is 12.9. The number of guanidine groups is 1. The molecule has 0 spiro atoms. The summed E-state index contributed by atoms with van der Waals surface area (Å²) in [4.78, 5) is 7.22. The summed E-state index contributed by atoms with van der Waals surface area (Å²) < 4.78 is 5.29. The second-order valence-corrected chi connectivity index (χ2v) is 6.93. The molecule has 0 radical (unpaired) electrons. The topological polar surface area (TPSA) is 48.9 Å². The zero-order valence-electron chi connectivity index (χ0n) is 18.1. The number of ether oxygens (including phenoxy) is 1. The van der Waals surface area contributed by atoms with Crippen molar-refractivity contribution in [3.8, 4) is 5.75 Å². The Morgan fingerprint density at radius 2 is 1.96 bits per heavy atom. The minimum Gasteiger partial charge on any atom is -0.497 e. The van der Waals surface area contributed by atoms with Crippen LogP contribution in [-0.2, 0) is 6.42 Å². The number of benzene rings is 1. The number of methoxy groups -OCH3 is 1. The Morgan fingerprint density at radius 3 is 2.63 bits per heavy atom. The molecule has 0 bridgehead atoms. The summed E-state index contributed by atoms with van der Waals surface area (Å²) in [5.41, 5.74) is 1.30. The van der Waals surface area contributed by atoms with Crippen LogP contribution in [0, 0.1) is 0 Å². The highest BCUT2D eigenvalue weighted by Gasteiger charge is 2.06. The Hall–Kier alpha value is -1.75. The second kappa shape index (κ2) is 14.3. The molecule has 0 aromatic heterocycles. The van der Waals surface area contributed by atoms with Gasteiger partial charge in [0.05, 0.1) is 7.11 Å². The van der Waals surface area contributed by atoms with Crippen LogP contribution in [-0.4, -0.2) is 56.7 Å². The van der Waals surface area contributed by atoms with Crippen LogP contribution in [0.15, 0.2) is 29.3 Å². The molecule has 1 aromatic rings. The molecule has 0 saturated heterocycles. The third-order valence-corrected chi connectivity index (χ3v) is 4.76. The molecule has 1 aromatic carbocycles. The Morgan fingerprint density at radius 1 is 1.19 bits per heavy atom. The fourth-order valence-corrected chi connectivity index (χ4v) is 3.09. The molecule has 5 nitrogen and oxygen atoms in total. The van der Waals surface area contributed by atoms with Crippen molar-refractivity contribution < 1.29 is 4.74 Å². The molecule has 154 valence electrons. The van der Waals surface area contributed by atoms with Gasteiger partial charge in [0.1, 0.15) is 5.75 Å². The van der Waals surface area contributed by atoms with Gasteiger partial charge in [-0.05, 0) is 76.9 Å². The van der Waals surface area contributed by atoms with Gasteiger partial charge in [0, 0.05) is 19.1 Å². The van der Waals surface area contributed by atoms with Gasteiger partial charge in [-0.25, -0.2) is 0 Å². The van der Waals surface area contributed by atoms with Gasteiger partial charge in [0.2, 0.25) is 0 Å². The molecule has 2 N–H and O–H groups in total. The van der Waals surface area contributed by atoms with Crippen LogP contribution in [0.2, 0.25) is 0 Å². The average molecular weight is 377 g/mol. The molecule has 0 aliphatic carbocycles. The Labute approximate surface area is 166 Å². The quantitative estimate of drug-likeness (QED) is 0.313. The maximum Gasteiger partial charge on any atom is 0.191 e. The highest BCUT2D eigenvalue weighted by Crippen LogP contribution is 2.13. The number of aryl methyl sites for hydroxylation is 1. The van der Waals surface area contributed by atoms with Crippen molar-refractivity contribution in [3.63, 3.8) is 0 Å². The summed E-state index contributed by atoms with van der Waals surface area (Å²) >= 11 is 0. The number of rotatable bonds is 13. The summed E-state index contributed by atoms with van der Waals surface area (Å²) in [6.07, 6.45) is 4.41. The predicted molar refractivity (Wildman–Crippen MR) is 117 cm³/mol. The van der Waals surface area contributed by atoms with Crippen LogP contribution in [0.4, 0.5) is 0 Å². The van der Waals surface area contributed by atoms with E-state index in [0.29, 0.717) is 6.04 Å². The van der Waals surface area contributed by atoms with Crippen LogP contribution >= 0.6 is 0 Å². The minimum absolute atomic E-state index is 0.428. The Kier molecular flexibility index (Phi) is 12.4. The fraction of sp³-hybridized carbons (Fsp3) is 0.682. The molecular formula is C22H40N4O. The van der Waals surface area contributed by atoms with Gasteiger partial charge in [-0.3, -0.25) is 4.99 Å². The lowest BCUT2D eigenvalue weighted by Gasteiger charge is -2.21. The van der Waals surface area contributed by atoms with Crippen molar-refractivity contribution in [2.75, 3.05) is 39.8 Å². The third kappa shape index (κ3) is 10.2. The van der Waals surface area contributed by atoms with E-state index in [-0.39, 0.29) is 0 Å². The van der Waals surface area contributed by atoms with Crippen LogP contribution in [0.5, 0.6) is 5.75 Å². The molecular weight excluding hydrogens is 336 g/mol. The molecule has 5 heteroatoms. The zero-order chi connectivity index (χ0) is 19.9. The molecule has 0 saturated carbocycles. The van der Waals surface area contributed by atoms with Gasteiger partial charge in [-0.1, -0.05) is 26.0 Å². The molecule has 0 fully saturated rings. The first-order valence-electron chi connectivity index (χ1n) is 10.5. The summed E-state index contributed by atoms with van der Waals surface area (Å²) in [6.45, 7) is 14.0. The van der Waals surface area contributed by atoms with Crippen LogP contribution in [0.25, 0.3) is 0 Å². The summed E-state index contributed by atoms with van der Waals surface area (Å²) in [5.74, 6) is 1.85. The lowest BCUT2D eigenvalue weighted by molar-refractivity contribution is 0.292. The first kappa shape index (κ1) is 23.3. The largest absolute Gasteiger partial charge is 0.497 e. The van der Waals surface area contributed by atoms with Crippen molar-refractivity contribution in [1.82, 2.24) is 15.5 Å². The molecule has 1 rings (SSSR count). The first-order valence-corrected chi connectivity index (χ1v) is 10.5. The predicted octanol–water partition coefficient (Wildman–Crippen LogP) is 3.69. The number of hydrogen-bond donors (Lipinski definition) is 2. The van der Waals surface area contributed by atoms with Gasteiger partial charge in [-0.2, -0.15) is 0 Å². The van der Waals surface area contributed by atoms with Crippen molar-refractivity contribution >= 4 is 5.96 Å². The van der Waals surface area contributed by atoms with E-state index in [0.717, 1.165) is 57.2 Å². The standard InChI is InChI=1S/C22H40N4O/c1-6-23-22(25-19(4)12-11-17-26(7-2)8-3)24-16-10-14-20-13-9-15-21(18-20)27-5/h9,13,15,18-19H,6-8,10-12,14,16-17H2,1-5H3,(H2,23,24,25). The van der Waals surface area contributed by atoms with E-state index in [4.69, 9.17) is 9.73 Å².